The minimum Gasteiger partial charge on any atom is -0.378 e. The summed E-state index contributed by atoms with van der Waals surface area (Å²) in [4.78, 5) is 11.9. The Kier molecular flexibility index (Phi) is 4.89. The summed E-state index contributed by atoms with van der Waals surface area (Å²) in [7, 11) is 0. The van der Waals surface area contributed by atoms with E-state index in [-0.39, 0.29) is 11.3 Å². The van der Waals surface area contributed by atoms with Crippen molar-refractivity contribution in [2.75, 3.05) is 6.61 Å². The lowest BCUT2D eigenvalue weighted by Crippen LogP contribution is -2.08. The van der Waals surface area contributed by atoms with Crippen LogP contribution in [0.1, 0.15) is 42.5 Å². The maximum absolute atomic E-state index is 13.6. The van der Waals surface area contributed by atoms with Crippen molar-refractivity contribution in [3.63, 3.8) is 0 Å². The average Bonchev–Trinajstić information content (AvgIpc) is 2.82. The van der Waals surface area contributed by atoms with Gasteiger partial charge in [0.2, 0.25) is 0 Å². The number of ketones is 1. The Hall–Kier alpha value is -0.740. The van der Waals surface area contributed by atoms with Crippen molar-refractivity contribution in [1.82, 2.24) is 0 Å². The van der Waals surface area contributed by atoms with Crippen LogP contribution in [0, 0.1) is 5.82 Å². The van der Waals surface area contributed by atoms with E-state index in [4.69, 9.17) is 4.74 Å². The van der Waals surface area contributed by atoms with Gasteiger partial charge in [0, 0.05) is 17.5 Å². The third-order valence-corrected chi connectivity index (χ3v) is 3.86. The molecule has 1 unspecified atom stereocenters. The van der Waals surface area contributed by atoms with E-state index in [1.165, 1.54) is 6.07 Å². The molecule has 0 bridgehead atoms. The molecular weight excluding hydrogens is 299 g/mol. The molecule has 1 heterocycles. The highest BCUT2D eigenvalue weighted by Gasteiger charge is 2.18. The molecule has 2 nitrogen and oxygen atoms in total. The molecule has 0 N–H and O–H groups in total. The molecule has 1 fully saturated rings. The first-order valence-corrected chi connectivity index (χ1v) is 7.06. The second-order valence-corrected chi connectivity index (χ2v) is 5.40. The van der Waals surface area contributed by atoms with Crippen molar-refractivity contribution >= 4 is 21.7 Å². The number of rotatable bonds is 5. The highest BCUT2D eigenvalue weighted by Crippen LogP contribution is 2.23. The summed E-state index contributed by atoms with van der Waals surface area (Å²) in [5, 5.41) is 0. The smallest absolute Gasteiger partial charge is 0.166 e. The molecule has 0 radical (unpaired) electrons. The summed E-state index contributed by atoms with van der Waals surface area (Å²) >= 11 is 3.22. The number of hydrogen-bond acceptors (Lipinski definition) is 2. The van der Waals surface area contributed by atoms with Crippen LogP contribution >= 0.6 is 15.9 Å². The van der Waals surface area contributed by atoms with Gasteiger partial charge in [-0.05, 0) is 53.7 Å². The molecule has 1 saturated heterocycles. The van der Waals surface area contributed by atoms with Crippen LogP contribution in [0.2, 0.25) is 0 Å². The summed E-state index contributed by atoms with van der Waals surface area (Å²) < 4.78 is 19.6. The van der Waals surface area contributed by atoms with Crippen molar-refractivity contribution in [3.05, 3.63) is 34.1 Å². The molecule has 2 rings (SSSR count). The SMILES string of the molecule is O=C(CCCC1CCCO1)c1c(F)cccc1Br. The lowest BCUT2D eigenvalue weighted by molar-refractivity contribution is 0.0919. The highest BCUT2D eigenvalue weighted by molar-refractivity contribution is 9.10. The van der Waals surface area contributed by atoms with Gasteiger partial charge in [-0.25, -0.2) is 4.39 Å². The Morgan fingerprint density at radius 1 is 1.50 bits per heavy atom. The molecule has 0 saturated carbocycles. The van der Waals surface area contributed by atoms with E-state index in [0.29, 0.717) is 17.0 Å². The second kappa shape index (κ2) is 6.43. The predicted octanol–water partition coefficient (Wildman–Crippen LogP) is 4.12. The lowest BCUT2D eigenvalue weighted by Gasteiger charge is -2.09. The van der Waals surface area contributed by atoms with Crippen LogP contribution in [0.4, 0.5) is 4.39 Å². The summed E-state index contributed by atoms with van der Waals surface area (Å²) in [5.74, 6) is -0.593. The lowest BCUT2D eigenvalue weighted by atomic mass is 10.0. The van der Waals surface area contributed by atoms with Gasteiger partial charge in [-0.1, -0.05) is 6.07 Å². The average molecular weight is 315 g/mol. The first kappa shape index (κ1) is 13.7. The second-order valence-electron chi connectivity index (χ2n) is 4.55. The van der Waals surface area contributed by atoms with E-state index in [2.05, 4.69) is 15.9 Å². The van der Waals surface area contributed by atoms with Gasteiger partial charge >= 0.3 is 0 Å². The van der Waals surface area contributed by atoms with Crippen molar-refractivity contribution in [2.45, 2.75) is 38.2 Å². The standard InChI is InChI=1S/C14H16BrFO2/c15-11-6-2-7-12(16)14(11)13(17)8-1-4-10-5-3-9-18-10/h2,6-7,10H,1,3-5,8-9H2. The van der Waals surface area contributed by atoms with Crippen LogP contribution in [-0.4, -0.2) is 18.5 Å². The van der Waals surface area contributed by atoms with Crippen LogP contribution in [0.5, 0.6) is 0 Å². The Bertz CT molecular complexity index is 408. The third-order valence-electron chi connectivity index (χ3n) is 3.20. The number of Topliss-reactive ketones (excluding diaryl/α,β-unsaturated/α-hetero) is 1. The minimum absolute atomic E-state index is 0.141. The molecule has 0 amide bonds. The number of ether oxygens (including phenoxy) is 1. The fraction of sp³-hybridized carbons (Fsp3) is 0.500. The molecule has 1 atom stereocenters. The molecule has 98 valence electrons. The Morgan fingerprint density at radius 2 is 2.33 bits per heavy atom. The first-order valence-electron chi connectivity index (χ1n) is 6.27. The molecule has 18 heavy (non-hydrogen) atoms. The third kappa shape index (κ3) is 3.39. The van der Waals surface area contributed by atoms with E-state index in [1.54, 1.807) is 12.1 Å². The highest BCUT2D eigenvalue weighted by atomic mass is 79.9. The van der Waals surface area contributed by atoms with Gasteiger partial charge in [-0.15, -0.1) is 0 Å². The van der Waals surface area contributed by atoms with Crippen molar-refractivity contribution in [2.24, 2.45) is 0 Å². The van der Waals surface area contributed by atoms with Gasteiger partial charge < -0.3 is 4.74 Å². The van der Waals surface area contributed by atoms with Crippen LogP contribution in [0.15, 0.2) is 22.7 Å². The van der Waals surface area contributed by atoms with Crippen molar-refractivity contribution in [1.29, 1.82) is 0 Å². The number of halogens is 2. The predicted molar refractivity (Wildman–Crippen MR) is 71.3 cm³/mol. The molecule has 0 spiro atoms. The monoisotopic (exact) mass is 314 g/mol. The topological polar surface area (TPSA) is 26.3 Å². The van der Waals surface area contributed by atoms with Crippen LogP contribution in [0.25, 0.3) is 0 Å². The van der Waals surface area contributed by atoms with Gasteiger partial charge in [0.25, 0.3) is 0 Å². The molecule has 0 aromatic heterocycles. The van der Waals surface area contributed by atoms with Crippen molar-refractivity contribution < 1.29 is 13.9 Å². The zero-order chi connectivity index (χ0) is 13.0. The number of hydrogen-bond donors (Lipinski definition) is 0. The maximum Gasteiger partial charge on any atom is 0.166 e. The van der Waals surface area contributed by atoms with Gasteiger partial charge in [0.15, 0.2) is 5.78 Å². The Balaban J connectivity index is 1.87. The van der Waals surface area contributed by atoms with Gasteiger partial charge in [-0.3, -0.25) is 4.79 Å². The molecule has 1 aliphatic heterocycles. The Labute approximate surface area is 115 Å². The molecular formula is C14H16BrFO2. The van der Waals surface area contributed by atoms with Crippen LogP contribution in [0.3, 0.4) is 0 Å². The first-order chi connectivity index (χ1) is 8.68. The van der Waals surface area contributed by atoms with E-state index in [1.807, 2.05) is 0 Å². The number of carbonyl (C=O) groups is 1. The summed E-state index contributed by atoms with van der Waals surface area (Å²) in [6, 6.07) is 4.59. The zero-order valence-corrected chi connectivity index (χ0v) is 11.7. The van der Waals surface area contributed by atoms with Gasteiger partial charge in [0.05, 0.1) is 11.7 Å². The van der Waals surface area contributed by atoms with Gasteiger partial charge in [-0.2, -0.15) is 0 Å². The summed E-state index contributed by atoms with van der Waals surface area (Å²) in [5.41, 5.74) is 0.171. The van der Waals surface area contributed by atoms with Crippen molar-refractivity contribution in [3.8, 4) is 0 Å². The van der Waals surface area contributed by atoms with Crippen LogP contribution in [-0.2, 0) is 4.74 Å². The van der Waals surface area contributed by atoms with Gasteiger partial charge in [0.1, 0.15) is 5.82 Å². The molecule has 0 aliphatic carbocycles. The number of carbonyl (C=O) groups excluding carboxylic acids is 1. The Morgan fingerprint density at radius 3 is 3.00 bits per heavy atom. The molecule has 4 heteroatoms. The quantitative estimate of drug-likeness (QED) is 0.764. The van der Waals surface area contributed by atoms with Crippen LogP contribution < -0.4 is 0 Å². The fourth-order valence-electron chi connectivity index (χ4n) is 2.25. The van der Waals surface area contributed by atoms with E-state index in [0.717, 1.165) is 32.3 Å². The molecule has 1 aromatic carbocycles. The zero-order valence-electron chi connectivity index (χ0n) is 10.1. The summed E-state index contributed by atoms with van der Waals surface area (Å²) in [6.07, 6.45) is 4.50. The maximum atomic E-state index is 13.6. The molecule has 1 aromatic rings. The molecule has 1 aliphatic rings. The van der Waals surface area contributed by atoms with E-state index >= 15 is 0 Å². The number of benzene rings is 1. The normalized spacial score (nSPS) is 19.1. The summed E-state index contributed by atoms with van der Waals surface area (Å²) in [6.45, 7) is 0.831. The minimum atomic E-state index is -0.452. The van der Waals surface area contributed by atoms with E-state index < -0.39 is 5.82 Å². The largest absolute Gasteiger partial charge is 0.378 e. The van der Waals surface area contributed by atoms with E-state index in [9.17, 15) is 9.18 Å². The fourth-order valence-corrected chi connectivity index (χ4v) is 2.81.